The van der Waals surface area contributed by atoms with Crippen molar-refractivity contribution >= 4 is 23.0 Å². The van der Waals surface area contributed by atoms with Gasteiger partial charge in [-0.25, -0.2) is 0 Å². The molecule has 0 aliphatic rings. The molecule has 0 aliphatic carbocycles. The van der Waals surface area contributed by atoms with Crippen LogP contribution in [0.3, 0.4) is 0 Å². The van der Waals surface area contributed by atoms with E-state index in [0.717, 1.165) is 12.2 Å². The molecule has 0 radical (unpaired) electrons. The van der Waals surface area contributed by atoms with Gasteiger partial charge in [0, 0.05) is 24.0 Å². The SMILES string of the molecule is CCN(c1ccc(NC(=O)COc2ccc(OC)cc2[N+](=O)[O-])cc1)C(C)C. The van der Waals surface area contributed by atoms with Crippen LogP contribution in [0.4, 0.5) is 17.1 Å². The highest BCUT2D eigenvalue weighted by Crippen LogP contribution is 2.31. The van der Waals surface area contributed by atoms with Crippen molar-refractivity contribution in [2.75, 3.05) is 30.5 Å². The number of nitrogens with one attached hydrogen (secondary N) is 1. The monoisotopic (exact) mass is 387 g/mol. The molecular weight excluding hydrogens is 362 g/mol. The van der Waals surface area contributed by atoms with Crippen LogP contribution in [0, 0.1) is 10.1 Å². The minimum absolute atomic E-state index is 0.00631. The fourth-order valence-corrected chi connectivity index (χ4v) is 2.81. The summed E-state index contributed by atoms with van der Waals surface area (Å²) < 4.78 is 10.3. The third kappa shape index (κ3) is 5.35. The number of nitro benzene ring substituents is 1. The number of nitrogens with zero attached hydrogens (tertiary/aromatic N) is 2. The zero-order valence-corrected chi connectivity index (χ0v) is 16.5. The number of hydrogen-bond acceptors (Lipinski definition) is 6. The second-order valence-electron chi connectivity index (χ2n) is 6.35. The lowest BCUT2D eigenvalue weighted by molar-refractivity contribution is -0.385. The number of ether oxygens (including phenoxy) is 2. The van der Waals surface area contributed by atoms with Crippen LogP contribution in [0.15, 0.2) is 42.5 Å². The Morgan fingerprint density at radius 1 is 1.21 bits per heavy atom. The van der Waals surface area contributed by atoms with E-state index in [0.29, 0.717) is 17.5 Å². The molecule has 2 aromatic carbocycles. The summed E-state index contributed by atoms with van der Waals surface area (Å²) >= 11 is 0. The van der Waals surface area contributed by atoms with Crippen LogP contribution >= 0.6 is 0 Å². The average molecular weight is 387 g/mol. The van der Waals surface area contributed by atoms with E-state index < -0.39 is 10.8 Å². The molecule has 1 amide bonds. The van der Waals surface area contributed by atoms with Gasteiger partial charge in [0.2, 0.25) is 0 Å². The first-order chi connectivity index (χ1) is 13.3. The van der Waals surface area contributed by atoms with E-state index in [4.69, 9.17) is 9.47 Å². The lowest BCUT2D eigenvalue weighted by Gasteiger charge is -2.27. The quantitative estimate of drug-likeness (QED) is 0.519. The number of anilines is 2. The van der Waals surface area contributed by atoms with Gasteiger partial charge in [-0.2, -0.15) is 0 Å². The first kappa shape index (κ1) is 21.0. The number of carbonyl (C=O) groups is 1. The molecule has 0 saturated carbocycles. The lowest BCUT2D eigenvalue weighted by Crippen LogP contribution is -2.30. The summed E-state index contributed by atoms with van der Waals surface area (Å²) in [5.74, 6) is -0.0630. The van der Waals surface area contributed by atoms with Gasteiger partial charge >= 0.3 is 5.69 Å². The van der Waals surface area contributed by atoms with Gasteiger partial charge in [-0.3, -0.25) is 14.9 Å². The van der Waals surface area contributed by atoms with E-state index in [9.17, 15) is 14.9 Å². The van der Waals surface area contributed by atoms with Gasteiger partial charge in [0.1, 0.15) is 5.75 Å². The molecule has 0 fully saturated rings. The molecular formula is C20H25N3O5. The Bertz CT molecular complexity index is 821. The van der Waals surface area contributed by atoms with Crippen molar-refractivity contribution < 1.29 is 19.2 Å². The van der Waals surface area contributed by atoms with Gasteiger partial charge in [0.25, 0.3) is 5.91 Å². The highest BCUT2D eigenvalue weighted by atomic mass is 16.6. The first-order valence-electron chi connectivity index (χ1n) is 8.97. The summed E-state index contributed by atoms with van der Waals surface area (Å²) in [4.78, 5) is 24.9. The Labute approximate surface area is 164 Å². The van der Waals surface area contributed by atoms with Gasteiger partial charge in [0.15, 0.2) is 12.4 Å². The number of rotatable bonds is 9. The van der Waals surface area contributed by atoms with E-state index in [2.05, 4.69) is 31.0 Å². The molecule has 0 saturated heterocycles. The molecule has 0 aromatic heterocycles. The molecule has 8 heteroatoms. The summed E-state index contributed by atoms with van der Waals surface area (Å²) in [5.41, 5.74) is 1.44. The predicted molar refractivity (Wildman–Crippen MR) is 108 cm³/mol. The van der Waals surface area contributed by atoms with Gasteiger partial charge in [-0.05, 0) is 57.2 Å². The average Bonchev–Trinajstić information content (AvgIpc) is 2.67. The van der Waals surface area contributed by atoms with Crippen LogP contribution in [-0.4, -0.2) is 37.1 Å². The summed E-state index contributed by atoms with van der Waals surface area (Å²) in [6, 6.07) is 12.1. The van der Waals surface area contributed by atoms with Crippen molar-refractivity contribution in [1.29, 1.82) is 0 Å². The predicted octanol–water partition coefficient (Wildman–Crippen LogP) is 3.86. The lowest BCUT2D eigenvalue weighted by atomic mass is 10.2. The maximum atomic E-state index is 12.1. The van der Waals surface area contributed by atoms with Gasteiger partial charge in [-0.15, -0.1) is 0 Å². The van der Waals surface area contributed by atoms with E-state index in [-0.39, 0.29) is 18.0 Å². The van der Waals surface area contributed by atoms with Crippen molar-refractivity contribution in [3.63, 3.8) is 0 Å². The third-order valence-corrected chi connectivity index (χ3v) is 4.17. The topological polar surface area (TPSA) is 93.9 Å². The molecule has 0 bridgehead atoms. The molecule has 28 heavy (non-hydrogen) atoms. The molecule has 0 spiro atoms. The summed E-state index contributed by atoms with van der Waals surface area (Å²) in [7, 11) is 1.42. The molecule has 150 valence electrons. The van der Waals surface area contributed by atoms with Gasteiger partial charge in [-0.1, -0.05) is 0 Å². The minimum Gasteiger partial charge on any atom is -0.496 e. The van der Waals surface area contributed by atoms with Crippen molar-refractivity contribution in [3.8, 4) is 11.5 Å². The zero-order valence-electron chi connectivity index (χ0n) is 16.5. The van der Waals surface area contributed by atoms with Crippen LogP contribution in [0.5, 0.6) is 11.5 Å². The Kier molecular flexibility index (Phi) is 7.20. The van der Waals surface area contributed by atoms with E-state index >= 15 is 0 Å². The highest BCUT2D eigenvalue weighted by Gasteiger charge is 2.17. The standard InChI is InChI=1S/C20H25N3O5/c1-5-22(14(2)3)16-8-6-15(7-9-16)21-20(24)13-28-19-11-10-17(27-4)12-18(19)23(25)26/h6-12,14H,5,13H2,1-4H3,(H,21,24). The number of benzene rings is 2. The largest absolute Gasteiger partial charge is 0.496 e. The molecule has 0 unspecified atom stereocenters. The number of carbonyl (C=O) groups excluding carboxylic acids is 1. The van der Waals surface area contributed by atoms with Crippen molar-refractivity contribution in [2.45, 2.75) is 26.8 Å². The van der Waals surface area contributed by atoms with Crippen LogP contribution in [0.25, 0.3) is 0 Å². The molecule has 0 atom stereocenters. The Morgan fingerprint density at radius 2 is 1.89 bits per heavy atom. The summed E-state index contributed by atoms with van der Waals surface area (Å²) in [6.45, 7) is 6.87. The van der Waals surface area contributed by atoms with Crippen molar-refractivity contribution in [2.24, 2.45) is 0 Å². The van der Waals surface area contributed by atoms with Gasteiger partial charge in [0.05, 0.1) is 18.1 Å². The van der Waals surface area contributed by atoms with Crippen molar-refractivity contribution in [1.82, 2.24) is 0 Å². The number of nitro groups is 1. The number of amides is 1. The number of methoxy groups -OCH3 is 1. The minimum atomic E-state index is -0.581. The molecule has 1 N–H and O–H groups in total. The summed E-state index contributed by atoms with van der Waals surface area (Å²) in [6.07, 6.45) is 0. The Morgan fingerprint density at radius 3 is 2.43 bits per heavy atom. The van der Waals surface area contributed by atoms with Crippen LogP contribution in [0.2, 0.25) is 0 Å². The molecule has 0 aliphatic heterocycles. The molecule has 0 heterocycles. The maximum absolute atomic E-state index is 12.1. The van der Waals surface area contributed by atoms with Gasteiger partial charge < -0.3 is 19.7 Å². The second kappa shape index (κ2) is 9.59. The van der Waals surface area contributed by atoms with E-state index in [1.165, 1.54) is 25.3 Å². The van der Waals surface area contributed by atoms with Crippen molar-refractivity contribution in [3.05, 3.63) is 52.6 Å². The fourth-order valence-electron chi connectivity index (χ4n) is 2.81. The maximum Gasteiger partial charge on any atom is 0.314 e. The normalized spacial score (nSPS) is 10.5. The molecule has 2 aromatic rings. The Hall–Kier alpha value is -3.29. The number of hydrogen-bond donors (Lipinski definition) is 1. The fraction of sp³-hybridized carbons (Fsp3) is 0.350. The highest BCUT2D eigenvalue weighted by molar-refractivity contribution is 5.92. The summed E-state index contributed by atoms with van der Waals surface area (Å²) in [5, 5.41) is 13.9. The van der Waals surface area contributed by atoms with E-state index in [1.807, 2.05) is 24.3 Å². The van der Waals surface area contributed by atoms with Crippen LogP contribution in [0.1, 0.15) is 20.8 Å². The smallest absolute Gasteiger partial charge is 0.314 e. The van der Waals surface area contributed by atoms with Crippen LogP contribution in [-0.2, 0) is 4.79 Å². The Balaban J connectivity index is 1.99. The van der Waals surface area contributed by atoms with Crippen LogP contribution < -0.4 is 19.7 Å². The third-order valence-electron chi connectivity index (χ3n) is 4.17. The zero-order chi connectivity index (χ0) is 20.7. The second-order valence-corrected chi connectivity index (χ2v) is 6.35. The first-order valence-corrected chi connectivity index (χ1v) is 8.97. The molecule has 8 nitrogen and oxygen atoms in total. The van der Waals surface area contributed by atoms with E-state index in [1.54, 1.807) is 0 Å². The molecule has 2 rings (SSSR count).